The van der Waals surface area contributed by atoms with Crippen molar-refractivity contribution in [3.63, 3.8) is 0 Å². The van der Waals surface area contributed by atoms with Crippen LogP contribution in [0.25, 0.3) is 0 Å². The predicted octanol–water partition coefficient (Wildman–Crippen LogP) is 3.72. The van der Waals surface area contributed by atoms with E-state index in [2.05, 4.69) is 10.6 Å². The summed E-state index contributed by atoms with van der Waals surface area (Å²) in [5, 5.41) is 5.80. The first-order chi connectivity index (χ1) is 14.1. The molecular weight excluding hydrogens is 364 g/mol. The molecule has 0 spiro atoms. The van der Waals surface area contributed by atoms with Crippen molar-refractivity contribution in [2.75, 3.05) is 5.32 Å². The minimum Gasteiger partial charge on any atom is -0.329 e. The maximum atomic E-state index is 13.1. The van der Waals surface area contributed by atoms with Crippen LogP contribution in [0, 0.1) is 5.92 Å². The molecule has 5 heteroatoms. The Morgan fingerprint density at radius 3 is 2.48 bits per heavy atom. The van der Waals surface area contributed by atoms with Gasteiger partial charge in [0.05, 0.1) is 5.92 Å². The summed E-state index contributed by atoms with van der Waals surface area (Å²) in [6.45, 7) is 2.02. The van der Waals surface area contributed by atoms with Gasteiger partial charge in [0.2, 0.25) is 11.8 Å². The van der Waals surface area contributed by atoms with E-state index in [0.29, 0.717) is 24.1 Å². The summed E-state index contributed by atoms with van der Waals surface area (Å²) in [4.78, 5) is 38.4. The van der Waals surface area contributed by atoms with Crippen molar-refractivity contribution >= 4 is 23.3 Å². The Kier molecular flexibility index (Phi) is 5.30. The van der Waals surface area contributed by atoms with Crippen molar-refractivity contribution in [2.45, 2.75) is 38.5 Å². The molecule has 4 rings (SSSR count). The van der Waals surface area contributed by atoms with Gasteiger partial charge in [-0.2, -0.15) is 0 Å². The van der Waals surface area contributed by atoms with E-state index in [-0.39, 0.29) is 29.9 Å². The van der Waals surface area contributed by atoms with E-state index in [1.807, 2.05) is 61.5 Å². The first-order valence-electron chi connectivity index (χ1n) is 10.1. The van der Waals surface area contributed by atoms with Crippen LogP contribution in [-0.2, 0) is 20.8 Å². The van der Waals surface area contributed by atoms with Crippen LogP contribution >= 0.6 is 0 Å². The maximum Gasteiger partial charge on any atom is 0.232 e. The molecule has 29 heavy (non-hydrogen) atoms. The predicted molar refractivity (Wildman–Crippen MR) is 111 cm³/mol. The fourth-order valence-electron chi connectivity index (χ4n) is 4.32. The van der Waals surface area contributed by atoms with Gasteiger partial charge < -0.3 is 10.6 Å². The molecule has 148 valence electrons. The summed E-state index contributed by atoms with van der Waals surface area (Å²) in [6.07, 6.45) is 1.70. The minimum absolute atomic E-state index is 0.000697. The van der Waals surface area contributed by atoms with Gasteiger partial charge in [0, 0.05) is 29.8 Å². The van der Waals surface area contributed by atoms with Gasteiger partial charge in [-0.3, -0.25) is 14.4 Å². The fraction of sp³-hybridized carbons (Fsp3) is 0.292. The standard InChI is InChI=1S/C24H24N2O3/c1-2-15-8-6-7-11-19(15)26-24(29)18-14-22(28)25-20-12-17(13-21(27)23(18)20)16-9-4-3-5-10-16/h3-11,17-18H,2,12-14H2,1H3,(H,25,28)(H,26,29)/t17-,18+/m0/s1. The van der Waals surface area contributed by atoms with Crippen LogP contribution < -0.4 is 10.6 Å². The second kappa shape index (κ2) is 8.03. The number of nitrogens with one attached hydrogen (secondary N) is 2. The van der Waals surface area contributed by atoms with E-state index < -0.39 is 5.92 Å². The Bertz CT molecular complexity index is 994. The van der Waals surface area contributed by atoms with E-state index in [1.54, 1.807) is 0 Å². The number of hydrogen-bond acceptors (Lipinski definition) is 3. The van der Waals surface area contributed by atoms with Crippen LogP contribution in [0.4, 0.5) is 5.69 Å². The topological polar surface area (TPSA) is 75.3 Å². The number of Topliss-reactive ketones (excluding diaryl/α,β-unsaturated/α-hetero) is 1. The Labute approximate surface area is 170 Å². The van der Waals surface area contributed by atoms with Crippen molar-refractivity contribution in [3.05, 3.63) is 77.0 Å². The third-order valence-electron chi connectivity index (χ3n) is 5.78. The van der Waals surface area contributed by atoms with E-state index in [1.165, 1.54) is 0 Å². The van der Waals surface area contributed by atoms with Gasteiger partial charge in [0.15, 0.2) is 5.78 Å². The first kappa shape index (κ1) is 19.1. The minimum atomic E-state index is -0.743. The van der Waals surface area contributed by atoms with Gasteiger partial charge in [0.25, 0.3) is 0 Å². The van der Waals surface area contributed by atoms with Crippen LogP contribution in [-0.4, -0.2) is 17.6 Å². The molecule has 2 N–H and O–H groups in total. The number of carbonyl (C=O) groups excluding carboxylic acids is 3. The molecule has 0 aromatic heterocycles. The summed E-state index contributed by atoms with van der Waals surface area (Å²) < 4.78 is 0. The summed E-state index contributed by atoms with van der Waals surface area (Å²) in [6, 6.07) is 17.4. The average Bonchev–Trinajstić information content (AvgIpc) is 2.73. The number of benzene rings is 2. The molecule has 2 atom stereocenters. The van der Waals surface area contributed by atoms with Crippen LogP contribution in [0.2, 0.25) is 0 Å². The van der Waals surface area contributed by atoms with Gasteiger partial charge in [-0.15, -0.1) is 0 Å². The number of anilines is 1. The number of allylic oxidation sites excluding steroid dienone is 1. The highest BCUT2D eigenvalue weighted by Gasteiger charge is 2.40. The molecule has 1 aliphatic carbocycles. The molecule has 1 heterocycles. The van der Waals surface area contributed by atoms with E-state index in [0.717, 1.165) is 23.2 Å². The van der Waals surface area contributed by atoms with E-state index in [9.17, 15) is 14.4 Å². The fourth-order valence-corrected chi connectivity index (χ4v) is 4.32. The first-order valence-corrected chi connectivity index (χ1v) is 10.1. The second-order valence-electron chi connectivity index (χ2n) is 7.64. The van der Waals surface area contributed by atoms with Gasteiger partial charge in [0.1, 0.15) is 0 Å². The third-order valence-corrected chi connectivity index (χ3v) is 5.78. The van der Waals surface area contributed by atoms with E-state index >= 15 is 0 Å². The van der Waals surface area contributed by atoms with Crippen molar-refractivity contribution in [3.8, 4) is 0 Å². The molecule has 5 nitrogen and oxygen atoms in total. The molecule has 2 aromatic rings. The molecule has 0 radical (unpaired) electrons. The second-order valence-corrected chi connectivity index (χ2v) is 7.64. The Balaban J connectivity index is 1.62. The molecular formula is C24H24N2O3. The highest BCUT2D eigenvalue weighted by molar-refractivity contribution is 6.09. The zero-order chi connectivity index (χ0) is 20.4. The summed E-state index contributed by atoms with van der Waals surface area (Å²) in [5.74, 6) is -1.28. The molecule has 2 amide bonds. The van der Waals surface area contributed by atoms with Crippen molar-refractivity contribution in [2.24, 2.45) is 5.92 Å². The van der Waals surface area contributed by atoms with Crippen molar-refractivity contribution in [1.82, 2.24) is 5.32 Å². The molecule has 2 aliphatic rings. The van der Waals surface area contributed by atoms with Crippen molar-refractivity contribution in [1.29, 1.82) is 0 Å². The molecule has 0 unspecified atom stereocenters. The number of ketones is 1. The van der Waals surface area contributed by atoms with Crippen LogP contribution in [0.1, 0.15) is 43.2 Å². The average molecular weight is 388 g/mol. The van der Waals surface area contributed by atoms with Crippen LogP contribution in [0.3, 0.4) is 0 Å². The molecule has 0 saturated carbocycles. The number of aryl methyl sites for hydroxylation is 1. The summed E-state index contributed by atoms with van der Waals surface area (Å²) in [5.41, 5.74) is 3.91. The number of para-hydroxylation sites is 1. The molecule has 0 fully saturated rings. The maximum absolute atomic E-state index is 13.1. The lowest BCUT2D eigenvalue weighted by molar-refractivity contribution is -0.129. The van der Waals surface area contributed by atoms with Crippen LogP contribution in [0.15, 0.2) is 65.9 Å². The van der Waals surface area contributed by atoms with E-state index in [4.69, 9.17) is 0 Å². The highest BCUT2D eigenvalue weighted by Crippen LogP contribution is 2.39. The highest BCUT2D eigenvalue weighted by atomic mass is 16.2. The smallest absolute Gasteiger partial charge is 0.232 e. The molecule has 0 bridgehead atoms. The molecule has 0 saturated heterocycles. The Morgan fingerprint density at radius 1 is 1.00 bits per heavy atom. The number of hydrogen-bond donors (Lipinski definition) is 2. The molecule has 1 aliphatic heterocycles. The quantitative estimate of drug-likeness (QED) is 0.838. The van der Waals surface area contributed by atoms with Gasteiger partial charge >= 0.3 is 0 Å². The largest absolute Gasteiger partial charge is 0.329 e. The zero-order valence-corrected chi connectivity index (χ0v) is 16.4. The van der Waals surface area contributed by atoms with Gasteiger partial charge in [-0.25, -0.2) is 0 Å². The Morgan fingerprint density at radius 2 is 1.72 bits per heavy atom. The number of carbonyl (C=O) groups is 3. The lowest BCUT2D eigenvalue weighted by Gasteiger charge is -2.33. The van der Waals surface area contributed by atoms with Gasteiger partial charge in [-0.1, -0.05) is 55.5 Å². The number of rotatable bonds is 4. The third kappa shape index (κ3) is 3.86. The molecule has 2 aromatic carbocycles. The number of amides is 2. The Hall–Kier alpha value is -3.21. The van der Waals surface area contributed by atoms with Crippen LogP contribution in [0.5, 0.6) is 0 Å². The SMILES string of the molecule is CCc1ccccc1NC(=O)[C@@H]1CC(=O)NC2=C1C(=O)C[C@@H](c1ccccc1)C2. The monoisotopic (exact) mass is 388 g/mol. The van der Waals surface area contributed by atoms with Gasteiger partial charge in [-0.05, 0) is 36.0 Å². The lowest BCUT2D eigenvalue weighted by atomic mass is 9.75. The lowest BCUT2D eigenvalue weighted by Crippen LogP contribution is -2.43. The zero-order valence-electron chi connectivity index (χ0n) is 16.4. The summed E-state index contributed by atoms with van der Waals surface area (Å²) >= 11 is 0. The van der Waals surface area contributed by atoms with Crippen molar-refractivity contribution < 1.29 is 14.4 Å². The normalized spacial score (nSPS) is 21.4. The summed E-state index contributed by atoms with van der Waals surface area (Å²) in [7, 11) is 0.